The van der Waals surface area contributed by atoms with Crippen molar-refractivity contribution in [1.82, 2.24) is 4.90 Å². The van der Waals surface area contributed by atoms with Crippen molar-refractivity contribution >= 4 is 17.7 Å². The van der Waals surface area contributed by atoms with E-state index in [4.69, 9.17) is 0 Å². The molecule has 1 aliphatic heterocycles. The maximum Gasteiger partial charge on any atom is 0.260 e. The quantitative estimate of drug-likeness (QED) is 0.497. The van der Waals surface area contributed by atoms with E-state index in [1.54, 1.807) is 0 Å². The molecule has 1 rings (SSSR count). The minimum atomic E-state index is -0.517. The Bertz CT molecular complexity index is 276. The zero-order chi connectivity index (χ0) is 10.6. The van der Waals surface area contributed by atoms with Gasteiger partial charge in [0.1, 0.15) is 0 Å². The Balaban J connectivity index is 2.45. The van der Waals surface area contributed by atoms with Crippen LogP contribution in [0.4, 0.5) is 0 Å². The van der Waals surface area contributed by atoms with Gasteiger partial charge in [-0.2, -0.15) is 0 Å². The van der Waals surface area contributed by atoms with E-state index in [1.165, 1.54) is 0 Å². The fourth-order valence-corrected chi connectivity index (χ4v) is 1.28. The largest absolute Gasteiger partial charge is 0.274 e. The summed E-state index contributed by atoms with van der Waals surface area (Å²) in [5, 5.41) is 0. The summed E-state index contributed by atoms with van der Waals surface area (Å²) in [5.74, 6) is -1.42. The molecule has 0 aliphatic carbocycles. The van der Waals surface area contributed by atoms with E-state index < -0.39 is 17.7 Å². The molecular formula is C10H13NO3. The summed E-state index contributed by atoms with van der Waals surface area (Å²) in [5.41, 5.74) is 0. The van der Waals surface area contributed by atoms with Crippen LogP contribution in [0.1, 0.15) is 32.6 Å². The lowest BCUT2D eigenvalue weighted by Crippen LogP contribution is -2.36. The first-order valence-electron chi connectivity index (χ1n) is 4.75. The molecule has 76 valence electrons. The predicted octanol–water partition coefficient (Wildman–Crippen LogP) is 1.02. The standard InChI is InChI=1S/C10H13NO3/c1-2-3-4-5-8(12)11-9(13)6-7-10(11)14/h6-7H,2-5H2,1H3. The van der Waals surface area contributed by atoms with Crippen LogP contribution in [0.15, 0.2) is 12.2 Å². The normalized spacial score (nSPS) is 15.4. The third-order valence-electron chi connectivity index (χ3n) is 2.05. The predicted molar refractivity (Wildman–Crippen MR) is 50.1 cm³/mol. The molecule has 0 spiro atoms. The smallest absolute Gasteiger partial charge is 0.260 e. The number of nitrogens with zero attached hydrogens (tertiary/aromatic N) is 1. The second-order valence-corrected chi connectivity index (χ2v) is 3.20. The summed E-state index contributed by atoms with van der Waals surface area (Å²) in [6, 6.07) is 0. The lowest BCUT2D eigenvalue weighted by atomic mass is 10.2. The first kappa shape index (κ1) is 10.6. The molecule has 0 radical (unpaired) electrons. The van der Waals surface area contributed by atoms with E-state index in [2.05, 4.69) is 0 Å². The van der Waals surface area contributed by atoms with Crippen LogP contribution in [-0.2, 0) is 14.4 Å². The molecule has 0 aromatic rings. The number of hydrogen-bond acceptors (Lipinski definition) is 3. The summed E-state index contributed by atoms with van der Waals surface area (Å²) < 4.78 is 0. The highest BCUT2D eigenvalue weighted by molar-refractivity contribution is 6.22. The zero-order valence-corrected chi connectivity index (χ0v) is 8.16. The Morgan fingerprint density at radius 2 is 1.79 bits per heavy atom. The Kier molecular flexibility index (Phi) is 3.56. The summed E-state index contributed by atoms with van der Waals surface area (Å²) in [6.45, 7) is 2.03. The lowest BCUT2D eigenvalue weighted by molar-refractivity contribution is -0.148. The van der Waals surface area contributed by atoms with Gasteiger partial charge in [-0.1, -0.05) is 19.8 Å². The van der Waals surface area contributed by atoms with Crippen molar-refractivity contribution in [2.24, 2.45) is 0 Å². The van der Waals surface area contributed by atoms with Crippen molar-refractivity contribution in [3.8, 4) is 0 Å². The fourth-order valence-electron chi connectivity index (χ4n) is 1.28. The molecule has 4 nitrogen and oxygen atoms in total. The lowest BCUT2D eigenvalue weighted by Gasteiger charge is -2.10. The van der Waals surface area contributed by atoms with E-state index in [0.717, 1.165) is 31.4 Å². The molecule has 4 heteroatoms. The van der Waals surface area contributed by atoms with E-state index in [-0.39, 0.29) is 6.42 Å². The molecule has 0 saturated carbocycles. The van der Waals surface area contributed by atoms with Gasteiger partial charge in [-0.05, 0) is 6.42 Å². The van der Waals surface area contributed by atoms with Crippen molar-refractivity contribution in [3.63, 3.8) is 0 Å². The van der Waals surface area contributed by atoms with Crippen molar-refractivity contribution in [2.45, 2.75) is 32.6 Å². The topological polar surface area (TPSA) is 54.5 Å². The number of amides is 3. The van der Waals surface area contributed by atoms with Crippen LogP contribution >= 0.6 is 0 Å². The average molecular weight is 195 g/mol. The third-order valence-corrected chi connectivity index (χ3v) is 2.05. The second kappa shape index (κ2) is 4.69. The van der Waals surface area contributed by atoms with Crippen LogP contribution in [-0.4, -0.2) is 22.6 Å². The summed E-state index contributed by atoms with van der Waals surface area (Å²) >= 11 is 0. The molecule has 3 amide bonds. The number of rotatable bonds is 4. The first-order chi connectivity index (χ1) is 6.66. The maximum absolute atomic E-state index is 11.4. The van der Waals surface area contributed by atoms with Gasteiger partial charge in [-0.25, -0.2) is 4.90 Å². The molecule has 0 atom stereocenters. The van der Waals surface area contributed by atoms with Gasteiger partial charge in [-0.15, -0.1) is 0 Å². The minimum absolute atomic E-state index is 0.271. The molecule has 14 heavy (non-hydrogen) atoms. The molecule has 0 aromatic carbocycles. The number of hydrogen-bond donors (Lipinski definition) is 0. The minimum Gasteiger partial charge on any atom is -0.274 e. The van der Waals surface area contributed by atoms with Gasteiger partial charge in [-0.3, -0.25) is 14.4 Å². The van der Waals surface area contributed by atoms with Crippen molar-refractivity contribution in [3.05, 3.63) is 12.2 Å². The van der Waals surface area contributed by atoms with E-state index in [1.807, 2.05) is 6.92 Å². The van der Waals surface area contributed by atoms with Crippen LogP contribution in [0.25, 0.3) is 0 Å². The van der Waals surface area contributed by atoms with E-state index in [9.17, 15) is 14.4 Å². The number of carbonyl (C=O) groups is 3. The third kappa shape index (κ3) is 2.28. The Labute approximate surface area is 82.6 Å². The first-order valence-corrected chi connectivity index (χ1v) is 4.75. The zero-order valence-electron chi connectivity index (χ0n) is 8.16. The summed E-state index contributed by atoms with van der Waals surface area (Å²) in [7, 11) is 0. The van der Waals surface area contributed by atoms with Gasteiger partial charge in [0.2, 0.25) is 5.91 Å². The number of unbranched alkanes of at least 4 members (excludes halogenated alkanes) is 2. The highest BCUT2D eigenvalue weighted by Crippen LogP contribution is 2.08. The van der Waals surface area contributed by atoms with Crippen LogP contribution in [0, 0.1) is 0 Å². The van der Waals surface area contributed by atoms with Crippen LogP contribution in [0.5, 0.6) is 0 Å². The van der Waals surface area contributed by atoms with Crippen molar-refractivity contribution < 1.29 is 14.4 Å². The maximum atomic E-state index is 11.4. The Morgan fingerprint density at radius 1 is 1.21 bits per heavy atom. The molecule has 1 aliphatic rings. The number of imide groups is 3. The van der Waals surface area contributed by atoms with Gasteiger partial charge in [0.25, 0.3) is 11.8 Å². The van der Waals surface area contributed by atoms with Gasteiger partial charge < -0.3 is 0 Å². The molecule has 0 fully saturated rings. The van der Waals surface area contributed by atoms with Crippen LogP contribution in [0.3, 0.4) is 0 Å². The molecule has 0 N–H and O–H groups in total. The fraction of sp³-hybridized carbons (Fsp3) is 0.500. The summed E-state index contributed by atoms with van der Waals surface area (Å²) in [4.78, 5) is 34.2. The highest BCUT2D eigenvalue weighted by atomic mass is 16.2. The van der Waals surface area contributed by atoms with Crippen LogP contribution in [0.2, 0.25) is 0 Å². The van der Waals surface area contributed by atoms with Gasteiger partial charge in [0.05, 0.1) is 0 Å². The van der Waals surface area contributed by atoms with Crippen molar-refractivity contribution in [2.75, 3.05) is 0 Å². The van der Waals surface area contributed by atoms with Gasteiger partial charge in [0, 0.05) is 18.6 Å². The average Bonchev–Trinajstić information content (AvgIpc) is 2.46. The molecule has 0 aromatic heterocycles. The number of carbonyl (C=O) groups excluding carboxylic acids is 3. The Hall–Kier alpha value is -1.45. The van der Waals surface area contributed by atoms with Crippen LogP contribution < -0.4 is 0 Å². The summed E-state index contributed by atoms with van der Waals surface area (Å²) in [6.07, 6.45) is 5.20. The Morgan fingerprint density at radius 3 is 2.29 bits per heavy atom. The molecule has 0 bridgehead atoms. The van der Waals surface area contributed by atoms with E-state index >= 15 is 0 Å². The SMILES string of the molecule is CCCCCC(=O)N1C(=O)C=CC1=O. The monoisotopic (exact) mass is 195 g/mol. The molecule has 0 unspecified atom stereocenters. The van der Waals surface area contributed by atoms with Gasteiger partial charge in [0.15, 0.2) is 0 Å². The highest BCUT2D eigenvalue weighted by Gasteiger charge is 2.28. The van der Waals surface area contributed by atoms with Gasteiger partial charge >= 0.3 is 0 Å². The van der Waals surface area contributed by atoms with Crippen molar-refractivity contribution in [1.29, 1.82) is 0 Å². The van der Waals surface area contributed by atoms with E-state index in [0.29, 0.717) is 4.90 Å². The molecular weight excluding hydrogens is 182 g/mol. The second-order valence-electron chi connectivity index (χ2n) is 3.20. The molecule has 0 saturated heterocycles. The molecule has 1 heterocycles.